The van der Waals surface area contributed by atoms with Gasteiger partial charge in [-0.25, -0.2) is 0 Å². The van der Waals surface area contributed by atoms with Crippen LogP contribution in [0.5, 0.6) is 0 Å². The molecule has 0 aromatic carbocycles. The molecule has 0 radical (unpaired) electrons. The smallest absolute Gasteiger partial charge is 0.0166 e. The van der Waals surface area contributed by atoms with E-state index in [9.17, 15) is 0 Å². The van der Waals surface area contributed by atoms with Crippen molar-refractivity contribution in [2.45, 2.75) is 25.7 Å². The van der Waals surface area contributed by atoms with Gasteiger partial charge in [0, 0.05) is 0 Å². The maximum atomic E-state index is 2.27. The second-order valence-electron chi connectivity index (χ2n) is 2.88. The predicted octanol–water partition coefficient (Wildman–Crippen LogP) is 3.79. The molecule has 0 heterocycles. The summed E-state index contributed by atoms with van der Waals surface area (Å²) in [5.41, 5.74) is 0. The topological polar surface area (TPSA) is 0 Å². The summed E-state index contributed by atoms with van der Waals surface area (Å²) in [7, 11) is 0. The Balaban J connectivity index is 2.42. The lowest BCUT2D eigenvalue weighted by Gasteiger charge is -1.90. The Morgan fingerprint density at radius 2 is 1.33 bits per heavy atom. The lowest BCUT2D eigenvalue weighted by molar-refractivity contribution is 0.866. The number of allylic oxidation sites excluding steroid dienone is 8. The predicted molar refractivity (Wildman–Crippen MR) is 55.0 cm³/mol. The lowest BCUT2D eigenvalue weighted by Crippen LogP contribution is -1.69. The summed E-state index contributed by atoms with van der Waals surface area (Å²) in [4.78, 5) is 0. The molecule has 1 rings (SSSR count). The summed E-state index contributed by atoms with van der Waals surface area (Å²) in [6, 6.07) is 0. The average Bonchev–Trinajstić information content (AvgIpc) is 2.05. The van der Waals surface area contributed by atoms with Crippen molar-refractivity contribution in [2.75, 3.05) is 0 Å². The van der Waals surface area contributed by atoms with Crippen LogP contribution in [-0.2, 0) is 0 Å². The Bertz CT molecular complexity index is 204. The molecule has 0 atom stereocenters. The third kappa shape index (κ3) is 4.73. The molecule has 1 aliphatic carbocycles. The van der Waals surface area contributed by atoms with E-state index in [1.54, 1.807) is 0 Å². The van der Waals surface area contributed by atoms with Gasteiger partial charge >= 0.3 is 0 Å². The first-order valence-electron chi connectivity index (χ1n) is 4.63. The maximum Gasteiger partial charge on any atom is -0.0166 e. The molecule has 0 amide bonds. The van der Waals surface area contributed by atoms with Crippen LogP contribution in [0.2, 0.25) is 0 Å². The second kappa shape index (κ2) is 6.66. The zero-order chi connectivity index (χ0) is 8.49. The fraction of sp³-hybridized carbons (Fsp3) is 0.333. The minimum absolute atomic E-state index is 1.06. The van der Waals surface area contributed by atoms with E-state index in [-0.39, 0.29) is 0 Å². The zero-order valence-corrected chi connectivity index (χ0v) is 7.45. The molecule has 0 saturated carbocycles. The molecule has 0 spiro atoms. The van der Waals surface area contributed by atoms with E-state index in [0.717, 1.165) is 6.42 Å². The molecule has 1 aliphatic rings. The van der Waals surface area contributed by atoms with Gasteiger partial charge in [-0.05, 0) is 25.7 Å². The van der Waals surface area contributed by atoms with E-state index in [0.29, 0.717) is 0 Å². The first-order valence-corrected chi connectivity index (χ1v) is 4.63. The molecule has 0 aliphatic heterocycles. The zero-order valence-electron chi connectivity index (χ0n) is 7.45. The Morgan fingerprint density at radius 1 is 0.583 bits per heavy atom. The van der Waals surface area contributed by atoms with Crippen LogP contribution in [0.1, 0.15) is 25.7 Å². The van der Waals surface area contributed by atoms with Gasteiger partial charge in [-0.15, -0.1) is 0 Å². The third-order valence-electron chi connectivity index (χ3n) is 1.79. The fourth-order valence-corrected chi connectivity index (χ4v) is 1.11. The summed E-state index contributed by atoms with van der Waals surface area (Å²) in [5, 5.41) is 0. The van der Waals surface area contributed by atoms with Gasteiger partial charge in [0.15, 0.2) is 0 Å². The monoisotopic (exact) mass is 160 g/mol. The fourth-order valence-electron chi connectivity index (χ4n) is 1.11. The normalized spacial score (nSPS) is 26.7. The Kier molecular flexibility index (Phi) is 5.02. The van der Waals surface area contributed by atoms with Crippen LogP contribution < -0.4 is 0 Å². The number of hydrogen-bond donors (Lipinski definition) is 0. The highest BCUT2D eigenvalue weighted by Gasteiger charge is 1.80. The van der Waals surface area contributed by atoms with Crippen molar-refractivity contribution in [3.05, 3.63) is 48.6 Å². The highest BCUT2D eigenvalue weighted by Crippen LogP contribution is 2.00. The van der Waals surface area contributed by atoms with E-state index >= 15 is 0 Å². The maximum absolute atomic E-state index is 2.27. The molecule has 0 heteroatoms. The average molecular weight is 160 g/mol. The van der Waals surface area contributed by atoms with Crippen molar-refractivity contribution >= 4 is 0 Å². The molecule has 0 unspecified atom stereocenters. The van der Waals surface area contributed by atoms with Crippen LogP contribution >= 0.6 is 0 Å². The molecule has 0 N–H and O–H groups in total. The summed E-state index contributed by atoms with van der Waals surface area (Å²) >= 11 is 0. The van der Waals surface area contributed by atoms with Crippen molar-refractivity contribution < 1.29 is 0 Å². The van der Waals surface area contributed by atoms with Crippen LogP contribution in [0.15, 0.2) is 48.6 Å². The number of rotatable bonds is 0. The van der Waals surface area contributed by atoms with Crippen LogP contribution in [0, 0.1) is 0 Å². The number of hydrogen-bond acceptors (Lipinski definition) is 0. The highest BCUT2D eigenvalue weighted by molar-refractivity contribution is 5.12. The summed E-state index contributed by atoms with van der Waals surface area (Å²) < 4.78 is 0. The molecule has 0 aromatic heterocycles. The van der Waals surface area contributed by atoms with Gasteiger partial charge in [0.05, 0.1) is 0 Å². The lowest BCUT2D eigenvalue weighted by atomic mass is 10.2. The first kappa shape index (κ1) is 9.05. The SMILES string of the molecule is C1=CCCC/C=C\C/C=C\C=C\1. The Labute approximate surface area is 75.0 Å². The van der Waals surface area contributed by atoms with Crippen LogP contribution in [0.25, 0.3) is 0 Å². The Morgan fingerprint density at radius 3 is 2.25 bits per heavy atom. The van der Waals surface area contributed by atoms with Crippen molar-refractivity contribution in [1.82, 2.24) is 0 Å². The molecule has 0 bridgehead atoms. The molecule has 0 nitrogen and oxygen atoms in total. The van der Waals surface area contributed by atoms with E-state index < -0.39 is 0 Å². The molecular formula is C12H16. The van der Waals surface area contributed by atoms with E-state index in [1.807, 2.05) is 0 Å². The highest BCUT2D eigenvalue weighted by atomic mass is 13.9. The van der Waals surface area contributed by atoms with Gasteiger partial charge in [0.25, 0.3) is 0 Å². The summed E-state index contributed by atoms with van der Waals surface area (Å²) in [6.07, 6.45) is 22.0. The van der Waals surface area contributed by atoms with Crippen molar-refractivity contribution in [1.29, 1.82) is 0 Å². The molecule has 64 valence electrons. The van der Waals surface area contributed by atoms with Gasteiger partial charge in [0.1, 0.15) is 0 Å². The molecule has 0 saturated heterocycles. The minimum atomic E-state index is 1.06. The Hall–Kier alpha value is -1.04. The summed E-state index contributed by atoms with van der Waals surface area (Å²) in [5.74, 6) is 0. The van der Waals surface area contributed by atoms with E-state index in [1.165, 1.54) is 19.3 Å². The van der Waals surface area contributed by atoms with Crippen molar-refractivity contribution in [2.24, 2.45) is 0 Å². The van der Waals surface area contributed by atoms with Crippen molar-refractivity contribution in [3.8, 4) is 0 Å². The standard InChI is InChI=1S/C12H16/c1-2-4-6-8-10-12-11-9-7-5-3-1/h1-6,9,11H,7-8,10,12H2/b2-1+,5-3-,6-4?,11-9-. The van der Waals surface area contributed by atoms with Gasteiger partial charge in [-0.3, -0.25) is 0 Å². The van der Waals surface area contributed by atoms with Gasteiger partial charge in [-0.1, -0.05) is 48.6 Å². The van der Waals surface area contributed by atoms with Gasteiger partial charge < -0.3 is 0 Å². The first-order chi connectivity index (χ1) is 6.00. The second-order valence-corrected chi connectivity index (χ2v) is 2.88. The van der Waals surface area contributed by atoms with Gasteiger partial charge in [0.2, 0.25) is 0 Å². The van der Waals surface area contributed by atoms with E-state index in [4.69, 9.17) is 0 Å². The minimum Gasteiger partial charge on any atom is -0.0882 e. The summed E-state index contributed by atoms with van der Waals surface area (Å²) in [6.45, 7) is 0. The van der Waals surface area contributed by atoms with E-state index in [2.05, 4.69) is 48.6 Å². The molecule has 0 aromatic rings. The molecule has 0 fully saturated rings. The van der Waals surface area contributed by atoms with Crippen LogP contribution in [-0.4, -0.2) is 0 Å². The van der Waals surface area contributed by atoms with Crippen LogP contribution in [0.4, 0.5) is 0 Å². The van der Waals surface area contributed by atoms with Crippen LogP contribution in [0.3, 0.4) is 0 Å². The van der Waals surface area contributed by atoms with Crippen molar-refractivity contribution in [3.63, 3.8) is 0 Å². The molecular weight excluding hydrogens is 144 g/mol. The third-order valence-corrected chi connectivity index (χ3v) is 1.79. The largest absolute Gasteiger partial charge is 0.0882 e. The van der Waals surface area contributed by atoms with Gasteiger partial charge in [-0.2, -0.15) is 0 Å². The quantitative estimate of drug-likeness (QED) is 0.473. The molecule has 12 heavy (non-hydrogen) atoms.